The van der Waals surface area contributed by atoms with E-state index in [1.54, 1.807) is 11.0 Å². The minimum Gasteiger partial charge on any atom is -0.486 e. The van der Waals surface area contributed by atoms with Crippen LogP contribution in [-0.2, 0) is 14.3 Å². The number of benzene rings is 1. The number of nitrogens with one attached hydrogen (secondary N) is 1. The second kappa shape index (κ2) is 10.7. The van der Waals surface area contributed by atoms with Crippen molar-refractivity contribution in [1.82, 2.24) is 10.2 Å². The zero-order valence-electron chi connectivity index (χ0n) is 20.1. The first kappa shape index (κ1) is 24.3. The number of rotatable bonds is 8. The second-order valence-corrected chi connectivity index (χ2v) is 10.2. The van der Waals surface area contributed by atoms with E-state index in [2.05, 4.69) is 5.32 Å². The number of para-hydroxylation sites is 1. The third-order valence-electron chi connectivity index (χ3n) is 7.92. The normalized spacial score (nSPS) is 29.8. The smallest absolute Gasteiger partial charge is 0.247 e. The lowest BCUT2D eigenvalue weighted by Gasteiger charge is -2.41. The molecule has 2 aliphatic heterocycles. The Kier molecular flexibility index (Phi) is 7.41. The monoisotopic (exact) mass is 484 g/mol. The molecule has 1 aromatic carbocycles. The van der Waals surface area contributed by atoms with E-state index in [-0.39, 0.29) is 31.1 Å². The Balaban J connectivity index is 1.48. The first-order valence-corrected chi connectivity index (χ1v) is 13.0. The molecular weight excluding hydrogens is 448 g/mol. The fourth-order valence-corrected chi connectivity index (χ4v) is 6.17. The summed E-state index contributed by atoms with van der Waals surface area (Å²) in [7, 11) is 0. The molecule has 190 valence electrons. The fraction of sp³-hybridized carbons (Fsp3) is 0.630. The quantitative estimate of drug-likeness (QED) is 0.520. The molecule has 0 bridgehead atoms. The molecule has 0 radical (unpaired) electrons. The number of aliphatic hydroxyl groups is 2. The van der Waals surface area contributed by atoms with Crippen molar-refractivity contribution in [1.29, 1.82) is 0 Å². The number of hydrogen-bond donors (Lipinski definition) is 3. The summed E-state index contributed by atoms with van der Waals surface area (Å²) in [4.78, 5) is 28.6. The van der Waals surface area contributed by atoms with Crippen LogP contribution in [0.4, 0.5) is 0 Å². The van der Waals surface area contributed by atoms with Gasteiger partial charge in [0, 0.05) is 37.3 Å². The van der Waals surface area contributed by atoms with Gasteiger partial charge in [-0.2, -0.15) is 0 Å². The van der Waals surface area contributed by atoms with E-state index in [4.69, 9.17) is 9.47 Å². The van der Waals surface area contributed by atoms with E-state index < -0.39 is 24.2 Å². The Morgan fingerprint density at radius 3 is 2.66 bits per heavy atom. The lowest BCUT2D eigenvalue weighted by molar-refractivity contribution is -0.140. The first-order valence-electron chi connectivity index (χ1n) is 13.0. The Bertz CT molecular complexity index is 953. The van der Waals surface area contributed by atoms with Gasteiger partial charge in [-0.1, -0.05) is 31.0 Å². The highest BCUT2D eigenvalue weighted by Crippen LogP contribution is 2.47. The maximum absolute atomic E-state index is 13.6. The van der Waals surface area contributed by atoms with Crippen LogP contribution in [0.5, 0.6) is 5.75 Å². The highest BCUT2D eigenvalue weighted by atomic mass is 16.5. The largest absolute Gasteiger partial charge is 0.486 e. The van der Waals surface area contributed by atoms with Gasteiger partial charge in [0.15, 0.2) is 0 Å². The summed E-state index contributed by atoms with van der Waals surface area (Å²) in [6.45, 7) is 1.02. The van der Waals surface area contributed by atoms with Gasteiger partial charge in [0.2, 0.25) is 11.8 Å². The molecular formula is C27H36N2O6. The van der Waals surface area contributed by atoms with Gasteiger partial charge in [0.05, 0.1) is 24.7 Å². The molecule has 35 heavy (non-hydrogen) atoms. The number of amides is 2. The second-order valence-electron chi connectivity index (χ2n) is 10.2. The van der Waals surface area contributed by atoms with Crippen LogP contribution < -0.4 is 10.1 Å². The molecule has 1 saturated carbocycles. The summed E-state index contributed by atoms with van der Waals surface area (Å²) < 4.78 is 12.0. The summed E-state index contributed by atoms with van der Waals surface area (Å²) in [6.07, 6.45) is 6.71. The number of aliphatic hydroxyl groups excluding tert-OH is 2. The molecule has 2 heterocycles. The number of carbonyl (C=O) groups is 2. The Hall–Kier alpha value is -2.42. The molecule has 1 aromatic rings. The molecule has 2 fully saturated rings. The van der Waals surface area contributed by atoms with E-state index in [0.29, 0.717) is 36.8 Å². The van der Waals surface area contributed by atoms with Crippen molar-refractivity contribution in [3.8, 4) is 5.75 Å². The lowest BCUT2D eigenvalue weighted by Crippen LogP contribution is -2.57. The van der Waals surface area contributed by atoms with E-state index in [9.17, 15) is 19.8 Å². The van der Waals surface area contributed by atoms with Crippen LogP contribution >= 0.6 is 0 Å². The van der Waals surface area contributed by atoms with Crippen LogP contribution in [0.1, 0.15) is 56.4 Å². The highest BCUT2D eigenvalue weighted by molar-refractivity contribution is 5.96. The molecule has 3 N–H and O–H groups in total. The van der Waals surface area contributed by atoms with Gasteiger partial charge in [-0.05, 0) is 43.7 Å². The van der Waals surface area contributed by atoms with Crippen molar-refractivity contribution >= 4 is 11.8 Å². The maximum Gasteiger partial charge on any atom is 0.247 e. The summed E-state index contributed by atoms with van der Waals surface area (Å²) >= 11 is 0. The predicted molar refractivity (Wildman–Crippen MR) is 129 cm³/mol. The molecule has 2 amide bonds. The van der Waals surface area contributed by atoms with Crippen LogP contribution in [-0.4, -0.2) is 77.6 Å². The SMILES string of the molecule is O=C(NCCO)C1=C[C@@H](N(C[C@H]2CCCO2)C(=O)CC2CCCC2)[C@H](O)[C@H]2Oc3ccccc3[C@@H]12. The average Bonchev–Trinajstić information content (AvgIpc) is 3.63. The summed E-state index contributed by atoms with van der Waals surface area (Å²) in [5.41, 5.74) is 1.32. The van der Waals surface area contributed by atoms with Crippen molar-refractivity contribution in [2.75, 3.05) is 26.3 Å². The molecule has 1 saturated heterocycles. The number of carbonyl (C=O) groups excluding carboxylic acids is 2. The summed E-state index contributed by atoms with van der Waals surface area (Å²) in [5.74, 6) is 0.256. The maximum atomic E-state index is 13.6. The summed E-state index contributed by atoms with van der Waals surface area (Å²) in [5, 5.41) is 23.6. The van der Waals surface area contributed by atoms with Gasteiger partial charge in [-0.15, -0.1) is 0 Å². The van der Waals surface area contributed by atoms with Crippen molar-refractivity contribution in [2.45, 2.75) is 75.2 Å². The number of ether oxygens (including phenoxy) is 2. The zero-order chi connectivity index (χ0) is 24.4. The minimum absolute atomic E-state index is 0.00298. The van der Waals surface area contributed by atoms with Gasteiger partial charge in [-0.3, -0.25) is 9.59 Å². The Labute approximate surface area is 206 Å². The molecule has 4 aliphatic rings. The molecule has 0 aromatic heterocycles. The third kappa shape index (κ3) is 4.97. The van der Waals surface area contributed by atoms with Crippen LogP contribution in [0.3, 0.4) is 0 Å². The molecule has 0 unspecified atom stereocenters. The first-order chi connectivity index (χ1) is 17.1. The number of hydrogen-bond acceptors (Lipinski definition) is 6. The highest BCUT2D eigenvalue weighted by Gasteiger charge is 2.50. The van der Waals surface area contributed by atoms with Crippen LogP contribution in [0.15, 0.2) is 35.9 Å². The third-order valence-corrected chi connectivity index (χ3v) is 7.92. The molecule has 5 rings (SSSR count). The van der Waals surface area contributed by atoms with E-state index in [1.165, 1.54) is 0 Å². The molecule has 8 heteroatoms. The van der Waals surface area contributed by atoms with E-state index in [1.807, 2.05) is 24.3 Å². The van der Waals surface area contributed by atoms with E-state index >= 15 is 0 Å². The van der Waals surface area contributed by atoms with Crippen LogP contribution in [0.25, 0.3) is 0 Å². The van der Waals surface area contributed by atoms with Crippen molar-refractivity contribution in [3.05, 3.63) is 41.5 Å². The molecule has 8 nitrogen and oxygen atoms in total. The zero-order valence-corrected chi connectivity index (χ0v) is 20.1. The van der Waals surface area contributed by atoms with Crippen molar-refractivity contribution in [2.24, 2.45) is 5.92 Å². The van der Waals surface area contributed by atoms with Gasteiger partial charge >= 0.3 is 0 Å². The van der Waals surface area contributed by atoms with Gasteiger partial charge in [0.1, 0.15) is 18.0 Å². The van der Waals surface area contributed by atoms with Crippen molar-refractivity contribution < 1.29 is 29.3 Å². The van der Waals surface area contributed by atoms with Gasteiger partial charge in [0.25, 0.3) is 0 Å². The summed E-state index contributed by atoms with van der Waals surface area (Å²) in [6, 6.07) is 6.81. The Morgan fingerprint density at radius 1 is 1.11 bits per heavy atom. The van der Waals surface area contributed by atoms with Crippen molar-refractivity contribution in [3.63, 3.8) is 0 Å². The van der Waals surface area contributed by atoms with Crippen LogP contribution in [0, 0.1) is 5.92 Å². The minimum atomic E-state index is -0.990. The molecule has 0 spiro atoms. The predicted octanol–water partition coefficient (Wildman–Crippen LogP) is 1.90. The lowest BCUT2D eigenvalue weighted by atomic mass is 9.77. The molecule has 5 atom stereocenters. The average molecular weight is 485 g/mol. The van der Waals surface area contributed by atoms with E-state index in [0.717, 1.165) is 44.1 Å². The van der Waals surface area contributed by atoms with Crippen LogP contribution in [0.2, 0.25) is 0 Å². The standard InChI is InChI=1S/C27H36N2O6/c30-12-11-28-27(33)20-15-21(25(32)26-24(20)19-9-3-4-10-22(19)35-26)29(16-18-8-5-13-34-18)23(31)14-17-6-1-2-7-17/h3-4,9-10,15,17-18,21,24-26,30,32H,1-2,5-8,11-14,16H2,(H,28,33)/t18-,21-,24+,25+,26+/m1/s1. The van der Waals surface area contributed by atoms with Gasteiger partial charge < -0.3 is 29.9 Å². The number of nitrogens with zero attached hydrogens (tertiary/aromatic N) is 1. The van der Waals surface area contributed by atoms with Gasteiger partial charge in [-0.25, -0.2) is 0 Å². The number of fused-ring (bicyclic) bond motifs is 3. The fourth-order valence-electron chi connectivity index (χ4n) is 6.17. The topological polar surface area (TPSA) is 108 Å². The molecule has 2 aliphatic carbocycles. The Morgan fingerprint density at radius 2 is 1.91 bits per heavy atom.